The van der Waals surface area contributed by atoms with Crippen molar-refractivity contribution in [1.29, 1.82) is 0 Å². The van der Waals surface area contributed by atoms with E-state index >= 15 is 0 Å². The number of hydrogen-bond acceptors (Lipinski definition) is 3. The second kappa shape index (κ2) is 8.68. The maximum atomic E-state index is 13.0. The fourth-order valence-electron chi connectivity index (χ4n) is 3.08. The van der Waals surface area contributed by atoms with Crippen LogP contribution in [0.1, 0.15) is 33.1 Å². The fourth-order valence-corrected chi connectivity index (χ4v) is 3.90. The third kappa shape index (κ3) is 5.37. The SMILES string of the molecule is Cc1ccccc1[C@H](NC(=O)c1ccc(NS(C)(=O)=O)cc1Cl)c1ccccc1. The Labute approximate surface area is 175 Å². The van der Waals surface area contributed by atoms with Gasteiger partial charge in [-0.3, -0.25) is 9.52 Å². The van der Waals surface area contributed by atoms with Gasteiger partial charge in [0.15, 0.2) is 0 Å². The number of hydrogen-bond donors (Lipinski definition) is 2. The molecule has 5 nitrogen and oxygen atoms in total. The Morgan fingerprint density at radius 3 is 2.24 bits per heavy atom. The Kier molecular flexibility index (Phi) is 6.25. The average Bonchev–Trinajstić information content (AvgIpc) is 2.66. The number of rotatable bonds is 6. The van der Waals surface area contributed by atoms with Crippen molar-refractivity contribution in [2.45, 2.75) is 13.0 Å². The topological polar surface area (TPSA) is 75.3 Å². The van der Waals surface area contributed by atoms with E-state index in [1.165, 1.54) is 18.2 Å². The van der Waals surface area contributed by atoms with E-state index in [1.807, 2.05) is 61.5 Å². The maximum Gasteiger partial charge on any atom is 0.253 e. The minimum Gasteiger partial charge on any atom is -0.341 e. The summed E-state index contributed by atoms with van der Waals surface area (Å²) in [6, 6.07) is 21.6. The quantitative estimate of drug-likeness (QED) is 0.605. The highest BCUT2D eigenvalue weighted by Gasteiger charge is 2.21. The van der Waals surface area contributed by atoms with Gasteiger partial charge in [0.05, 0.1) is 22.9 Å². The Balaban J connectivity index is 1.92. The molecule has 0 unspecified atom stereocenters. The molecule has 0 heterocycles. The zero-order valence-electron chi connectivity index (χ0n) is 16.0. The normalized spacial score (nSPS) is 12.2. The van der Waals surface area contributed by atoms with Crippen LogP contribution >= 0.6 is 11.6 Å². The number of carbonyl (C=O) groups is 1. The molecular weight excluding hydrogens is 408 g/mol. The molecule has 7 heteroatoms. The molecule has 3 rings (SSSR count). The van der Waals surface area contributed by atoms with Crippen molar-refractivity contribution >= 4 is 33.2 Å². The monoisotopic (exact) mass is 428 g/mol. The summed E-state index contributed by atoms with van der Waals surface area (Å²) in [5, 5.41) is 3.21. The number of nitrogens with one attached hydrogen (secondary N) is 2. The van der Waals surface area contributed by atoms with E-state index in [9.17, 15) is 13.2 Å². The molecule has 3 aromatic rings. The lowest BCUT2D eigenvalue weighted by atomic mass is 9.94. The first-order chi connectivity index (χ1) is 13.7. The van der Waals surface area contributed by atoms with Crippen LogP contribution < -0.4 is 10.0 Å². The lowest BCUT2D eigenvalue weighted by Crippen LogP contribution is -2.30. The van der Waals surface area contributed by atoms with Crippen LogP contribution in [0.2, 0.25) is 5.02 Å². The molecule has 1 amide bonds. The van der Waals surface area contributed by atoms with Crippen molar-refractivity contribution < 1.29 is 13.2 Å². The van der Waals surface area contributed by atoms with Gasteiger partial charge in [0.2, 0.25) is 10.0 Å². The predicted octanol–water partition coefficient (Wildman–Crippen LogP) is 4.54. The first-order valence-corrected chi connectivity index (χ1v) is 11.2. The first kappa shape index (κ1) is 20.9. The third-order valence-corrected chi connectivity index (χ3v) is 5.34. The number of anilines is 1. The molecule has 0 aromatic heterocycles. The first-order valence-electron chi connectivity index (χ1n) is 8.93. The molecule has 0 bridgehead atoms. The molecule has 0 spiro atoms. The van der Waals surface area contributed by atoms with E-state index in [-0.39, 0.29) is 22.5 Å². The van der Waals surface area contributed by atoms with E-state index in [0.717, 1.165) is 22.9 Å². The summed E-state index contributed by atoms with van der Waals surface area (Å²) in [5.74, 6) is -0.349. The van der Waals surface area contributed by atoms with Crippen molar-refractivity contribution in [2.75, 3.05) is 11.0 Å². The van der Waals surface area contributed by atoms with Crippen LogP contribution in [0, 0.1) is 6.92 Å². The summed E-state index contributed by atoms with van der Waals surface area (Å²) in [6.07, 6.45) is 1.05. The highest BCUT2D eigenvalue weighted by molar-refractivity contribution is 7.92. The second-order valence-electron chi connectivity index (χ2n) is 6.74. The van der Waals surface area contributed by atoms with E-state index in [1.54, 1.807) is 0 Å². The highest BCUT2D eigenvalue weighted by atomic mass is 35.5. The Morgan fingerprint density at radius 1 is 0.966 bits per heavy atom. The van der Waals surface area contributed by atoms with Gasteiger partial charge >= 0.3 is 0 Å². The van der Waals surface area contributed by atoms with Gasteiger partial charge in [0.25, 0.3) is 5.91 Å². The Bertz CT molecular complexity index is 1130. The Hall–Kier alpha value is -2.83. The Morgan fingerprint density at radius 2 is 1.62 bits per heavy atom. The van der Waals surface area contributed by atoms with Crippen LogP contribution in [0.3, 0.4) is 0 Å². The number of carbonyl (C=O) groups excluding carboxylic acids is 1. The van der Waals surface area contributed by atoms with Gasteiger partial charge in [-0.2, -0.15) is 0 Å². The number of aryl methyl sites for hydroxylation is 1. The van der Waals surface area contributed by atoms with Crippen LogP contribution in [0.5, 0.6) is 0 Å². The predicted molar refractivity (Wildman–Crippen MR) is 117 cm³/mol. The van der Waals surface area contributed by atoms with Crippen LogP contribution in [0.4, 0.5) is 5.69 Å². The molecule has 0 saturated carbocycles. The average molecular weight is 429 g/mol. The molecule has 1 atom stereocenters. The van der Waals surface area contributed by atoms with Gasteiger partial charge < -0.3 is 5.32 Å². The maximum absolute atomic E-state index is 13.0. The molecule has 0 radical (unpaired) electrons. The number of amides is 1. The lowest BCUT2D eigenvalue weighted by molar-refractivity contribution is 0.0943. The standard InChI is InChI=1S/C22H21ClN2O3S/c1-15-8-6-7-11-18(15)21(16-9-4-3-5-10-16)24-22(26)19-13-12-17(14-20(19)23)25-29(2,27)28/h3-14,21,25H,1-2H3,(H,24,26)/t21-/m1/s1. The van der Waals surface area contributed by atoms with Crippen LogP contribution in [-0.2, 0) is 10.0 Å². The van der Waals surface area contributed by atoms with E-state index in [0.29, 0.717) is 5.69 Å². The summed E-state index contributed by atoms with van der Waals surface area (Å²) in [4.78, 5) is 13.0. The van der Waals surface area contributed by atoms with Gasteiger partial charge in [-0.25, -0.2) is 8.42 Å². The summed E-state index contributed by atoms with van der Waals surface area (Å²) in [6.45, 7) is 2.00. The molecule has 0 fully saturated rings. The molecule has 29 heavy (non-hydrogen) atoms. The molecule has 0 aliphatic carbocycles. The van der Waals surface area contributed by atoms with E-state index < -0.39 is 10.0 Å². The van der Waals surface area contributed by atoms with E-state index in [4.69, 9.17) is 11.6 Å². The van der Waals surface area contributed by atoms with Gasteiger partial charge in [-0.05, 0) is 41.8 Å². The minimum absolute atomic E-state index is 0.160. The fraction of sp³-hybridized carbons (Fsp3) is 0.136. The number of benzene rings is 3. The molecule has 2 N–H and O–H groups in total. The van der Waals surface area contributed by atoms with Crippen LogP contribution in [-0.4, -0.2) is 20.6 Å². The smallest absolute Gasteiger partial charge is 0.253 e. The summed E-state index contributed by atoms with van der Waals surface area (Å²) in [7, 11) is -3.43. The van der Waals surface area contributed by atoms with Gasteiger partial charge in [-0.15, -0.1) is 0 Å². The van der Waals surface area contributed by atoms with Gasteiger partial charge in [-0.1, -0.05) is 66.2 Å². The summed E-state index contributed by atoms with van der Waals surface area (Å²) >= 11 is 6.26. The highest BCUT2D eigenvalue weighted by Crippen LogP contribution is 2.27. The zero-order chi connectivity index (χ0) is 21.0. The van der Waals surface area contributed by atoms with Crippen LogP contribution in [0.15, 0.2) is 72.8 Å². The van der Waals surface area contributed by atoms with E-state index in [2.05, 4.69) is 10.0 Å². The molecule has 0 aliphatic rings. The minimum atomic E-state index is -3.43. The van der Waals surface area contributed by atoms with Crippen molar-refractivity contribution in [1.82, 2.24) is 5.32 Å². The summed E-state index contributed by atoms with van der Waals surface area (Å²) in [5.41, 5.74) is 3.55. The molecule has 0 saturated heterocycles. The molecule has 150 valence electrons. The number of halogens is 1. The van der Waals surface area contributed by atoms with Gasteiger partial charge in [0, 0.05) is 5.69 Å². The zero-order valence-corrected chi connectivity index (χ0v) is 17.6. The molecule has 0 aliphatic heterocycles. The third-order valence-electron chi connectivity index (χ3n) is 4.42. The summed E-state index contributed by atoms with van der Waals surface area (Å²) < 4.78 is 25.1. The molecule has 3 aromatic carbocycles. The van der Waals surface area contributed by atoms with Crippen molar-refractivity contribution in [2.24, 2.45) is 0 Å². The molecular formula is C22H21ClN2O3S. The van der Waals surface area contributed by atoms with Gasteiger partial charge in [0.1, 0.15) is 0 Å². The lowest BCUT2D eigenvalue weighted by Gasteiger charge is -2.22. The number of sulfonamides is 1. The second-order valence-corrected chi connectivity index (χ2v) is 8.90. The van der Waals surface area contributed by atoms with Crippen LogP contribution in [0.25, 0.3) is 0 Å². The van der Waals surface area contributed by atoms with Crippen molar-refractivity contribution in [3.05, 3.63) is 100 Å². The van der Waals surface area contributed by atoms with Crippen molar-refractivity contribution in [3.8, 4) is 0 Å². The largest absolute Gasteiger partial charge is 0.341 e. The van der Waals surface area contributed by atoms with Crippen molar-refractivity contribution in [3.63, 3.8) is 0 Å².